The van der Waals surface area contributed by atoms with E-state index in [1.54, 1.807) is 67.6 Å². The Labute approximate surface area is 265 Å². The van der Waals surface area contributed by atoms with Crippen LogP contribution in [0.25, 0.3) is 5.76 Å². The zero-order chi connectivity index (χ0) is 31.9. The van der Waals surface area contributed by atoms with Crippen molar-refractivity contribution in [3.8, 4) is 17.2 Å². The molecule has 1 N–H and O–H groups in total. The number of nitrogens with zero attached hydrogens (tertiary/aromatic N) is 2. The predicted molar refractivity (Wildman–Crippen MR) is 172 cm³/mol. The molecule has 9 nitrogen and oxygen atoms in total. The first-order valence-electron chi connectivity index (χ1n) is 14.4. The van der Waals surface area contributed by atoms with Gasteiger partial charge in [-0.05, 0) is 67.4 Å². The average molecular weight is 625 g/mol. The van der Waals surface area contributed by atoms with Gasteiger partial charge in [0.05, 0.1) is 23.9 Å². The summed E-state index contributed by atoms with van der Waals surface area (Å²) in [6.07, 6.45) is 3.34. The van der Waals surface area contributed by atoms with Crippen molar-refractivity contribution in [2.45, 2.75) is 32.7 Å². The fourth-order valence-corrected chi connectivity index (χ4v) is 5.78. The Balaban J connectivity index is 1.60. The van der Waals surface area contributed by atoms with Crippen molar-refractivity contribution in [3.63, 3.8) is 0 Å². The molecule has 45 heavy (non-hydrogen) atoms. The van der Waals surface area contributed by atoms with Gasteiger partial charge in [0.15, 0.2) is 5.13 Å². The van der Waals surface area contributed by atoms with Crippen molar-refractivity contribution in [3.05, 3.63) is 119 Å². The molecule has 3 aromatic carbocycles. The molecule has 0 unspecified atom stereocenters. The molecular formula is C35H32N2O7S. The van der Waals surface area contributed by atoms with Crippen LogP contribution in [0, 0.1) is 6.92 Å². The van der Waals surface area contributed by atoms with Gasteiger partial charge < -0.3 is 19.3 Å². The van der Waals surface area contributed by atoms with Crippen LogP contribution in [-0.2, 0) is 14.3 Å². The molecule has 0 aliphatic carbocycles. The molecule has 1 atom stereocenters. The molecule has 0 spiro atoms. The van der Waals surface area contributed by atoms with Crippen molar-refractivity contribution in [1.29, 1.82) is 0 Å². The number of hydrogen-bond acceptors (Lipinski definition) is 9. The van der Waals surface area contributed by atoms with Gasteiger partial charge in [-0.2, -0.15) is 0 Å². The minimum Gasteiger partial charge on any atom is -0.507 e. The van der Waals surface area contributed by atoms with Gasteiger partial charge in [0.1, 0.15) is 34.5 Å². The molecule has 1 saturated heterocycles. The Morgan fingerprint density at radius 2 is 1.76 bits per heavy atom. The zero-order valence-corrected chi connectivity index (χ0v) is 25.7. The molecular weight excluding hydrogens is 592 g/mol. The molecule has 4 aromatic rings. The summed E-state index contributed by atoms with van der Waals surface area (Å²) in [6, 6.07) is 21.7. The van der Waals surface area contributed by atoms with E-state index in [0.717, 1.165) is 24.2 Å². The summed E-state index contributed by atoms with van der Waals surface area (Å²) >= 11 is 0.928. The van der Waals surface area contributed by atoms with Crippen LogP contribution in [0.4, 0.5) is 5.13 Å². The van der Waals surface area contributed by atoms with Gasteiger partial charge in [0.2, 0.25) is 0 Å². The number of rotatable bonds is 12. The largest absolute Gasteiger partial charge is 0.507 e. The predicted octanol–water partition coefficient (Wildman–Crippen LogP) is 7.39. The van der Waals surface area contributed by atoms with E-state index < -0.39 is 23.7 Å². The van der Waals surface area contributed by atoms with Gasteiger partial charge in [-0.1, -0.05) is 67.7 Å². The maximum atomic E-state index is 13.7. The molecule has 0 radical (unpaired) electrons. The number of Topliss-reactive ketones (excluding diaryl/α,β-unsaturated/α-hetero) is 1. The summed E-state index contributed by atoms with van der Waals surface area (Å²) in [5.74, 6) is -1.08. The zero-order valence-electron chi connectivity index (χ0n) is 24.9. The number of hydrogen-bond donors (Lipinski definition) is 1. The number of aryl methyl sites for hydroxylation is 1. The molecule has 0 bridgehead atoms. The molecule has 5 rings (SSSR count). The van der Waals surface area contributed by atoms with Crippen LogP contribution < -0.4 is 14.4 Å². The highest BCUT2D eigenvalue weighted by Crippen LogP contribution is 2.45. The number of aliphatic hydroxyl groups excluding tert-OH is 1. The van der Waals surface area contributed by atoms with Crippen LogP contribution in [0.5, 0.6) is 17.2 Å². The van der Waals surface area contributed by atoms with E-state index in [9.17, 15) is 19.5 Å². The van der Waals surface area contributed by atoms with Crippen LogP contribution in [0.1, 0.15) is 52.3 Å². The lowest BCUT2D eigenvalue weighted by Crippen LogP contribution is -2.29. The standard InChI is InChI=1S/C35H32N2O7S/c1-4-6-20-42-25-17-15-23(16-18-25)30(38)28-29(24-11-10-14-27(21-24)44-26-12-8-7-9-13-26)37(33(40)31(28)39)35-36-22(3)32(45-35)34(41)43-19-5-2/h5,7-18,21,29,38H,2,4,6,19-20H2,1,3H3/t29-/m1/s1. The number of amides is 1. The third-order valence-corrected chi connectivity index (χ3v) is 8.14. The number of benzene rings is 3. The lowest BCUT2D eigenvalue weighted by atomic mass is 9.95. The highest BCUT2D eigenvalue weighted by molar-refractivity contribution is 7.17. The fraction of sp³-hybridized carbons (Fsp3) is 0.200. The number of unbranched alkanes of at least 4 members (excludes halogenated alkanes) is 1. The summed E-state index contributed by atoms with van der Waals surface area (Å²) in [5.41, 5.74) is 1.04. The van der Waals surface area contributed by atoms with Gasteiger partial charge in [-0.15, -0.1) is 0 Å². The van der Waals surface area contributed by atoms with Crippen LogP contribution in [0.15, 0.2) is 97.1 Å². The van der Waals surface area contributed by atoms with Gasteiger partial charge in [-0.3, -0.25) is 14.5 Å². The molecule has 1 aromatic heterocycles. The van der Waals surface area contributed by atoms with Crippen molar-refractivity contribution in [1.82, 2.24) is 4.98 Å². The number of para-hydroxylation sites is 1. The van der Waals surface area contributed by atoms with E-state index in [2.05, 4.69) is 18.5 Å². The first-order valence-corrected chi connectivity index (χ1v) is 15.3. The lowest BCUT2D eigenvalue weighted by molar-refractivity contribution is -0.132. The number of anilines is 1. The molecule has 1 amide bonds. The second-order valence-electron chi connectivity index (χ2n) is 10.2. The van der Waals surface area contributed by atoms with E-state index >= 15 is 0 Å². The topological polar surface area (TPSA) is 115 Å². The van der Waals surface area contributed by atoms with Crippen LogP contribution in [0.2, 0.25) is 0 Å². The highest BCUT2D eigenvalue weighted by Gasteiger charge is 2.48. The fourth-order valence-electron chi connectivity index (χ4n) is 4.79. The minimum atomic E-state index is -1.08. The summed E-state index contributed by atoms with van der Waals surface area (Å²) in [7, 11) is 0. The van der Waals surface area contributed by atoms with Crippen molar-refractivity contribution < 1.29 is 33.7 Å². The van der Waals surface area contributed by atoms with E-state index in [4.69, 9.17) is 14.2 Å². The maximum Gasteiger partial charge on any atom is 0.350 e. The summed E-state index contributed by atoms with van der Waals surface area (Å²) in [6.45, 7) is 7.82. The minimum absolute atomic E-state index is 0.00661. The molecule has 10 heteroatoms. The number of thiazole rings is 1. The van der Waals surface area contributed by atoms with Crippen molar-refractivity contribution in [2.75, 3.05) is 18.1 Å². The van der Waals surface area contributed by atoms with Crippen molar-refractivity contribution >= 4 is 39.9 Å². The first kappa shape index (κ1) is 31.2. The molecule has 1 aliphatic rings. The summed E-state index contributed by atoms with van der Waals surface area (Å²) in [5, 5.41) is 11.7. The number of carbonyl (C=O) groups excluding carboxylic acids is 3. The second kappa shape index (κ2) is 14.0. The Morgan fingerprint density at radius 3 is 2.47 bits per heavy atom. The molecule has 0 saturated carbocycles. The second-order valence-corrected chi connectivity index (χ2v) is 11.2. The lowest BCUT2D eigenvalue weighted by Gasteiger charge is -2.23. The highest BCUT2D eigenvalue weighted by atomic mass is 32.1. The maximum absolute atomic E-state index is 13.7. The normalized spacial score (nSPS) is 15.6. The Hall–Kier alpha value is -5.22. The van der Waals surface area contributed by atoms with Crippen LogP contribution in [0.3, 0.4) is 0 Å². The van der Waals surface area contributed by atoms with E-state index in [0.29, 0.717) is 40.7 Å². The molecule has 1 fully saturated rings. The SMILES string of the molecule is C=CCOC(=O)c1sc(N2C(=O)C(=O)C(=C(O)c3ccc(OCCCC)cc3)[C@H]2c2cccc(Oc3ccccc3)c2)nc1C. The first-order chi connectivity index (χ1) is 21.8. The van der Waals surface area contributed by atoms with Gasteiger partial charge in [0, 0.05) is 5.56 Å². The third-order valence-electron chi connectivity index (χ3n) is 7.00. The number of aliphatic hydroxyl groups is 1. The molecule has 230 valence electrons. The number of ether oxygens (including phenoxy) is 3. The van der Waals surface area contributed by atoms with E-state index in [1.165, 1.54) is 11.0 Å². The van der Waals surface area contributed by atoms with Crippen molar-refractivity contribution in [2.24, 2.45) is 0 Å². The number of aromatic nitrogens is 1. The number of carbonyl (C=O) groups is 3. The molecule has 2 heterocycles. The average Bonchev–Trinajstić information content (AvgIpc) is 3.56. The van der Waals surface area contributed by atoms with Crippen LogP contribution >= 0.6 is 11.3 Å². The third kappa shape index (κ3) is 6.81. The number of ketones is 1. The van der Waals surface area contributed by atoms with Crippen LogP contribution in [-0.4, -0.2) is 41.0 Å². The smallest absolute Gasteiger partial charge is 0.350 e. The van der Waals surface area contributed by atoms with E-state index in [1.807, 2.05) is 18.2 Å². The monoisotopic (exact) mass is 624 g/mol. The van der Waals surface area contributed by atoms with Gasteiger partial charge in [-0.25, -0.2) is 9.78 Å². The van der Waals surface area contributed by atoms with Gasteiger partial charge >= 0.3 is 11.9 Å². The van der Waals surface area contributed by atoms with E-state index in [-0.39, 0.29) is 27.9 Å². The summed E-state index contributed by atoms with van der Waals surface area (Å²) < 4.78 is 17.0. The Morgan fingerprint density at radius 1 is 1.02 bits per heavy atom. The number of esters is 1. The molecule has 1 aliphatic heterocycles. The Kier molecular flexibility index (Phi) is 9.74. The van der Waals surface area contributed by atoms with Gasteiger partial charge in [0.25, 0.3) is 5.78 Å². The Bertz CT molecular complexity index is 1750. The summed E-state index contributed by atoms with van der Waals surface area (Å²) in [4.78, 5) is 45.9. The quantitative estimate of drug-likeness (QED) is 0.0433.